The topological polar surface area (TPSA) is 46.6 Å². The second-order valence-electron chi connectivity index (χ2n) is 5.45. The molecule has 4 nitrogen and oxygen atoms in total. The van der Waals surface area contributed by atoms with Crippen molar-refractivity contribution in [2.45, 2.75) is 45.2 Å². The van der Waals surface area contributed by atoms with Gasteiger partial charge in [0.1, 0.15) is 11.9 Å². The molecule has 0 N–H and O–H groups in total. The SMILES string of the molecule is CCOC(=O)[C@H]1[C@H](c2ccc(F)cc2)CC(=O)N1C(C)C. The standard InChI is InChI=1S/C16H20FNO3/c1-4-21-16(20)15-13(9-14(19)18(15)10(2)3)11-5-7-12(17)8-6-11/h5-8,10,13,15H,4,9H2,1-3H3/t13-,15+/m0/s1. The molecule has 1 aromatic carbocycles. The molecule has 1 amide bonds. The van der Waals surface area contributed by atoms with E-state index in [4.69, 9.17) is 4.74 Å². The van der Waals surface area contributed by atoms with Crippen molar-refractivity contribution in [3.8, 4) is 0 Å². The van der Waals surface area contributed by atoms with Crippen LogP contribution in [-0.2, 0) is 14.3 Å². The van der Waals surface area contributed by atoms with Crippen LogP contribution in [0.5, 0.6) is 0 Å². The highest BCUT2D eigenvalue weighted by Crippen LogP contribution is 2.36. The van der Waals surface area contributed by atoms with Crippen LogP contribution in [-0.4, -0.2) is 35.5 Å². The van der Waals surface area contributed by atoms with Gasteiger partial charge >= 0.3 is 5.97 Å². The summed E-state index contributed by atoms with van der Waals surface area (Å²) in [5.74, 6) is -1.10. The van der Waals surface area contributed by atoms with Gasteiger partial charge < -0.3 is 9.64 Å². The first-order valence-electron chi connectivity index (χ1n) is 7.19. The van der Waals surface area contributed by atoms with E-state index >= 15 is 0 Å². The molecule has 0 spiro atoms. The van der Waals surface area contributed by atoms with E-state index in [2.05, 4.69) is 0 Å². The Morgan fingerprint density at radius 3 is 2.52 bits per heavy atom. The molecule has 0 aliphatic carbocycles. The van der Waals surface area contributed by atoms with Crippen LogP contribution in [0.2, 0.25) is 0 Å². The number of hydrogen-bond acceptors (Lipinski definition) is 3. The minimum Gasteiger partial charge on any atom is -0.464 e. The highest BCUT2D eigenvalue weighted by molar-refractivity contribution is 5.90. The number of carbonyl (C=O) groups excluding carboxylic acids is 2. The number of nitrogens with zero attached hydrogens (tertiary/aromatic N) is 1. The number of rotatable bonds is 4. The second kappa shape index (κ2) is 6.24. The quantitative estimate of drug-likeness (QED) is 0.801. The molecule has 114 valence electrons. The average molecular weight is 293 g/mol. The Kier molecular flexibility index (Phi) is 4.60. The zero-order valence-electron chi connectivity index (χ0n) is 12.5. The van der Waals surface area contributed by atoms with Crippen molar-refractivity contribution in [3.63, 3.8) is 0 Å². The van der Waals surface area contributed by atoms with E-state index in [1.807, 2.05) is 13.8 Å². The summed E-state index contributed by atoms with van der Waals surface area (Å²) in [6, 6.07) is 5.23. The summed E-state index contributed by atoms with van der Waals surface area (Å²) in [5.41, 5.74) is 0.783. The molecule has 2 rings (SSSR count). The maximum Gasteiger partial charge on any atom is 0.329 e. The number of amides is 1. The van der Waals surface area contributed by atoms with Gasteiger partial charge in [0, 0.05) is 18.4 Å². The lowest BCUT2D eigenvalue weighted by atomic mass is 9.91. The third-order valence-corrected chi connectivity index (χ3v) is 3.75. The smallest absolute Gasteiger partial charge is 0.329 e. The summed E-state index contributed by atoms with van der Waals surface area (Å²) in [4.78, 5) is 26.1. The lowest BCUT2D eigenvalue weighted by molar-refractivity contribution is -0.152. The van der Waals surface area contributed by atoms with Crippen molar-refractivity contribution in [3.05, 3.63) is 35.6 Å². The van der Waals surface area contributed by atoms with Gasteiger partial charge in [-0.15, -0.1) is 0 Å². The summed E-state index contributed by atoms with van der Waals surface area (Å²) < 4.78 is 18.2. The molecule has 21 heavy (non-hydrogen) atoms. The molecular weight excluding hydrogens is 273 g/mol. The molecule has 0 aromatic heterocycles. The Labute approximate surface area is 123 Å². The number of ether oxygens (including phenoxy) is 1. The van der Waals surface area contributed by atoms with Gasteiger partial charge in [-0.25, -0.2) is 9.18 Å². The van der Waals surface area contributed by atoms with Crippen LogP contribution in [0.15, 0.2) is 24.3 Å². The number of esters is 1. The fourth-order valence-corrected chi connectivity index (χ4v) is 2.88. The third kappa shape index (κ3) is 3.06. The van der Waals surface area contributed by atoms with Crippen molar-refractivity contribution in [1.82, 2.24) is 4.90 Å². The monoisotopic (exact) mass is 293 g/mol. The van der Waals surface area contributed by atoms with Crippen LogP contribution in [0.4, 0.5) is 4.39 Å². The Bertz CT molecular complexity index is 527. The fraction of sp³-hybridized carbons (Fsp3) is 0.500. The van der Waals surface area contributed by atoms with E-state index in [0.29, 0.717) is 0 Å². The zero-order chi connectivity index (χ0) is 15.6. The first-order chi connectivity index (χ1) is 9.95. The third-order valence-electron chi connectivity index (χ3n) is 3.75. The van der Waals surface area contributed by atoms with Gasteiger partial charge in [-0.1, -0.05) is 12.1 Å². The minimum absolute atomic E-state index is 0.0719. The molecule has 1 aromatic rings. The summed E-state index contributed by atoms with van der Waals surface area (Å²) >= 11 is 0. The molecule has 0 radical (unpaired) electrons. The summed E-state index contributed by atoms with van der Waals surface area (Å²) in [6.45, 7) is 5.75. The van der Waals surface area contributed by atoms with Crippen LogP contribution in [0.1, 0.15) is 38.7 Å². The number of carbonyl (C=O) groups is 2. The van der Waals surface area contributed by atoms with Gasteiger partial charge in [-0.2, -0.15) is 0 Å². The van der Waals surface area contributed by atoms with Gasteiger partial charge in [0.15, 0.2) is 0 Å². The Balaban J connectivity index is 2.36. The number of benzene rings is 1. The number of likely N-dealkylation sites (tertiary alicyclic amines) is 1. The minimum atomic E-state index is -0.636. The number of hydrogen-bond donors (Lipinski definition) is 0. The summed E-state index contributed by atoms with van der Waals surface area (Å²) in [7, 11) is 0. The summed E-state index contributed by atoms with van der Waals surface area (Å²) in [6.07, 6.45) is 0.243. The fourth-order valence-electron chi connectivity index (χ4n) is 2.88. The van der Waals surface area contributed by atoms with Crippen LogP contribution in [0, 0.1) is 5.82 Å². The average Bonchev–Trinajstić information content (AvgIpc) is 2.77. The first-order valence-corrected chi connectivity index (χ1v) is 7.19. The largest absolute Gasteiger partial charge is 0.464 e. The van der Waals surface area contributed by atoms with E-state index in [-0.39, 0.29) is 36.7 Å². The van der Waals surface area contributed by atoms with E-state index < -0.39 is 12.0 Å². The predicted molar refractivity (Wildman–Crippen MR) is 76.2 cm³/mol. The highest BCUT2D eigenvalue weighted by Gasteiger charge is 2.46. The molecule has 1 aliphatic rings. The Hall–Kier alpha value is -1.91. The number of halogens is 1. The van der Waals surface area contributed by atoms with E-state index in [1.165, 1.54) is 12.1 Å². The first kappa shape index (κ1) is 15.5. The lowest BCUT2D eigenvalue weighted by Crippen LogP contribution is -2.45. The molecule has 0 bridgehead atoms. The lowest BCUT2D eigenvalue weighted by Gasteiger charge is -2.29. The maximum absolute atomic E-state index is 13.1. The second-order valence-corrected chi connectivity index (χ2v) is 5.45. The molecule has 1 heterocycles. The Morgan fingerprint density at radius 2 is 2.00 bits per heavy atom. The van der Waals surface area contributed by atoms with Crippen LogP contribution >= 0.6 is 0 Å². The molecule has 5 heteroatoms. The normalized spacial score (nSPS) is 22.0. The Morgan fingerprint density at radius 1 is 1.38 bits per heavy atom. The molecule has 1 saturated heterocycles. The molecule has 1 fully saturated rings. The predicted octanol–water partition coefficient (Wildman–Crippen LogP) is 2.48. The van der Waals surface area contributed by atoms with Crippen molar-refractivity contribution in [2.24, 2.45) is 0 Å². The highest BCUT2D eigenvalue weighted by atomic mass is 19.1. The van der Waals surface area contributed by atoms with Gasteiger partial charge in [0.25, 0.3) is 0 Å². The van der Waals surface area contributed by atoms with E-state index in [0.717, 1.165) is 5.56 Å². The molecule has 0 unspecified atom stereocenters. The molecular formula is C16H20FNO3. The summed E-state index contributed by atoms with van der Waals surface area (Å²) in [5, 5.41) is 0. The molecule has 1 aliphatic heterocycles. The molecule has 2 atom stereocenters. The zero-order valence-corrected chi connectivity index (χ0v) is 12.5. The van der Waals surface area contributed by atoms with Crippen LogP contribution in [0.3, 0.4) is 0 Å². The maximum atomic E-state index is 13.1. The van der Waals surface area contributed by atoms with Gasteiger partial charge in [-0.3, -0.25) is 4.79 Å². The van der Waals surface area contributed by atoms with Crippen molar-refractivity contribution < 1.29 is 18.7 Å². The van der Waals surface area contributed by atoms with Crippen molar-refractivity contribution in [2.75, 3.05) is 6.61 Å². The van der Waals surface area contributed by atoms with E-state index in [1.54, 1.807) is 24.0 Å². The van der Waals surface area contributed by atoms with Gasteiger partial charge in [0.05, 0.1) is 6.61 Å². The molecule has 0 saturated carbocycles. The van der Waals surface area contributed by atoms with Gasteiger partial charge in [-0.05, 0) is 38.5 Å². The van der Waals surface area contributed by atoms with Crippen LogP contribution in [0.25, 0.3) is 0 Å². The van der Waals surface area contributed by atoms with Crippen molar-refractivity contribution >= 4 is 11.9 Å². The van der Waals surface area contributed by atoms with E-state index in [9.17, 15) is 14.0 Å². The van der Waals surface area contributed by atoms with Crippen molar-refractivity contribution in [1.29, 1.82) is 0 Å². The van der Waals surface area contributed by atoms with Crippen LogP contribution < -0.4 is 0 Å². The van der Waals surface area contributed by atoms with Gasteiger partial charge in [0.2, 0.25) is 5.91 Å².